The van der Waals surface area contributed by atoms with Crippen LogP contribution in [0.3, 0.4) is 0 Å². The van der Waals surface area contributed by atoms with Gasteiger partial charge in [0.05, 0.1) is 18.5 Å². The summed E-state index contributed by atoms with van der Waals surface area (Å²) in [5.41, 5.74) is 0.931. The summed E-state index contributed by atoms with van der Waals surface area (Å²) in [4.78, 5) is 4.13. The summed E-state index contributed by atoms with van der Waals surface area (Å²) >= 11 is 1.74. The smallest absolute Gasteiger partial charge is 0.168 e. The number of aromatic nitrogens is 2. The van der Waals surface area contributed by atoms with Gasteiger partial charge >= 0.3 is 0 Å². The molecular formula is C6H8N2OS. The van der Waals surface area contributed by atoms with Crippen LogP contribution in [0.1, 0.15) is 5.69 Å². The van der Waals surface area contributed by atoms with E-state index in [0.29, 0.717) is 0 Å². The average Bonchev–Trinajstić information content (AvgIpc) is 2.44. The van der Waals surface area contributed by atoms with Gasteiger partial charge in [-0.3, -0.25) is 0 Å². The molecule has 0 aliphatic carbocycles. The van der Waals surface area contributed by atoms with Gasteiger partial charge in [-0.1, -0.05) is 11.8 Å². The molecular weight excluding hydrogens is 148 g/mol. The minimum atomic E-state index is 0.105. The lowest BCUT2D eigenvalue weighted by Gasteiger charge is -1.97. The lowest BCUT2D eigenvalue weighted by Crippen LogP contribution is -1.99. The van der Waals surface area contributed by atoms with Gasteiger partial charge in [-0.05, 0) is 0 Å². The number of hydrogen-bond donors (Lipinski definition) is 1. The van der Waals surface area contributed by atoms with Crippen molar-refractivity contribution in [3.63, 3.8) is 0 Å². The molecule has 0 saturated heterocycles. The highest BCUT2D eigenvalue weighted by Gasteiger charge is 2.14. The van der Waals surface area contributed by atoms with Crippen molar-refractivity contribution >= 4 is 11.8 Å². The van der Waals surface area contributed by atoms with Crippen LogP contribution in [0.4, 0.5) is 0 Å². The second kappa shape index (κ2) is 2.29. The van der Waals surface area contributed by atoms with Gasteiger partial charge in [0.25, 0.3) is 0 Å². The third-order valence-corrected chi connectivity index (χ3v) is 2.58. The Kier molecular flexibility index (Phi) is 1.43. The van der Waals surface area contributed by atoms with E-state index in [1.165, 1.54) is 0 Å². The second-order valence-electron chi connectivity index (χ2n) is 2.19. The molecule has 2 heterocycles. The molecule has 4 heteroatoms. The van der Waals surface area contributed by atoms with Crippen molar-refractivity contribution in [2.75, 3.05) is 5.75 Å². The lowest BCUT2D eigenvalue weighted by atomic mass is 10.5. The first-order chi connectivity index (χ1) is 4.92. The minimum Gasteiger partial charge on any atom is -0.390 e. The van der Waals surface area contributed by atoms with Gasteiger partial charge < -0.3 is 9.67 Å². The molecule has 1 aromatic heterocycles. The summed E-state index contributed by atoms with van der Waals surface area (Å²) in [6.07, 6.45) is 1.74. The van der Waals surface area contributed by atoms with Crippen molar-refractivity contribution in [3.8, 4) is 0 Å². The molecule has 54 valence electrons. The quantitative estimate of drug-likeness (QED) is 0.642. The van der Waals surface area contributed by atoms with Crippen LogP contribution < -0.4 is 0 Å². The minimum absolute atomic E-state index is 0.105. The Bertz CT molecular complexity index is 246. The SMILES string of the molecule is OCc1cnc2n1CCS2. The van der Waals surface area contributed by atoms with Crippen LogP contribution >= 0.6 is 11.8 Å². The Balaban J connectivity index is 2.44. The Hall–Kier alpha value is -0.480. The van der Waals surface area contributed by atoms with Crippen molar-refractivity contribution in [3.05, 3.63) is 11.9 Å². The highest BCUT2D eigenvalue weighted by atomic mass is 32.2. The summed E-state index contributed by atoms with van der Waals surface area (Å²) < 4.78 is 2.06. The van der Waals surface area contributed by atoms with Gasteiger partial charge in [0.2, 0.25) is 0 Å². The number of rotatable bonds is 1. The lowest BCUT2D eigenvalue weighted by molar-refractivity contribution is 0.270. The summed E-state index contributed by atoms with van der Waals surface area (Å²) in [5, 5.41) is 9.87. The van der Waals surface area contributed by atoms with Gasteiger partial charge in [-0.2, -0.15) is 0 Å². The molecule has 0 spiro atoms. The number of hydrogen-bond acceptors (Lipinski definition) is 3. The van der Waals surface area contributed by atoms with Crippen molar-refractivity contribution in [1.82, 2.24) is 9.55 Å². The van der Waals surface area contributed by atoms with Crippen LogP contribution in [0.25, 0.3) is 0 Å². The average molecular weight is 156 g/mol. The molecule has 0 amide bonds. The van der Waals surface area contributed by atoms with Crippen molar-refractivity contribution < 1.29 is 5.11 Å². The number of fused-ring (bicyclic) bond motifs is 1. The topological polar surface area (TPSA) is 38.1 Å². The number of thioether (sulfide) groups is 1. The molecule has 10 heavy (non-hydrogen) atoms. The standard InChI is InChI=1S/C6H8N2OS/c9-4-5-3-7-6-8(5)1-2-10-6/h3,9H,1-2,4H2. The first kappa shape index (κ1) is 6.24. The van der Waals surface area contributed by atoms with Gasteiger partial charge in [-0.15, -0.1) is 0 Å². The first-order valence-corrected chi connectivity index (χ1v) is 4.18. The highest BCUT2D eigenvalue weighted by molar-refractivity contribution is 7.99. The maximum atomic E-state index is 8.82. The Morgan fingerprint density at radius 2 is 2.70 bits per heavy atom. The molecule has 0 atom stereocenters. The number of nitrogens with zero attached hydrogens (tertiary/aromatic N) is 2. The van der Waals surface area contributed by atoms with Crippen LogP contribution in [-0.4, -0.2) is 20.4 Å². The zero-order chi connectivity index (χ0) is 6.97. The molecule has 0 unspecified atom stereocenters. The fourth-order valence-electron chi connectivity index (χ4n) is 1.10. The van der Waals surface area contributed by atoms with E-state index in [4.69, 9.17) is 5.11 Å². The van der Waals surface area contributed by atoms with E-state index in [-0.39, 0.29) is 6.61 Å². The van der Waals surface area contributed by atoms with Crippen LogP contribution in [0.5, 0.6) is 0 Å². The zero-order valence-corrected chi connectivity index (χ0v) is 6.27. The van der Waals surface area contributed by atoms with Crippen LogP contribution in [0, 0.1) is 0 Å². The van der Waals surface area contributed by atoms with E-state index >= 15 is 0 Å². The molecule has 3 nitrogen and oxygen atoms in total. The van der Waals surface area contributed by atoms with Crippen LogP contribution in [0.2, 0.25) is 0 Å². The molecule has 2 rings (SSSR count). The van der Waals surface area contributed by atoms with E-state index in [1.54, 1.807) is 18.0 Å². The van der Waals surface area contributed by atoms with Gasteiger partial charge in [-0.25, -0.2) is 4.98 Å². The Morgan fingerprint density at radius 1 is 1.80 bits per heavy atom. The van der Waals surface area contributed by atoms with E-state index in [1.807, 2.05) is 0 Å². The summed E-state index contributed by atoms with van der Waals surface area (Å²) in [6, 6.07) is 0. The molecule has 1 aliphatic rings. The maximum Gasteiger partial charge on any atom is 0.168 e. The second-order valence-corrected chi connectivity index (χ2v) is 3.25. The predicted octanol–water partition coefficient (Wildman–Crippen LogP) is 0.481. The monoisotopic (exact) mass is 156 g/mol. The number of aliphatic hydroxyl groups is 1. The first-order valence-electron chi connectivity index (χ1n) is 3.20. The van der Waals surface area contributed by atoms with E-state index in [2.05, 4.69) is 9.55 Å². The summed E-state index contributed by atoms with van der Waals surface area (Å²) in [7, 11) is 0. The highest BCUT2D eigenvalue weighted by Crippen LogP contribution is 2.25. The number of aliphatic hydroxyl groups excluding tert-OH is 1. The molecule has 1 N–H and O–H groups in total. The van der Waals surface area contributed by atoms with Crippen molar-refractivity contribution in [2.24, 2.45) is 0 Å². The third-order valence-electron chi connectivity index (χ3n) is 1.61. The number of imidazole rings is 1. The molecule has 1 aromatic rings. The van der Waals surface area contributed by atoms with E-state index < -0.39 is 0 Å². The van der Waals surface area contributed by atoms with Gasteiger partial charge in [0.15, 0.2) is 5.16 Å². The Labute approximate surface area is 63.1 Å². The van der Waals surface area contributed by atoms with Gasteiger partial charge in [0.1, 0.15) is 0 Å². The van der Waals surface area contributed by atoms with E-state index in [0.717, 1.165) is 23.1 Å². The fourth-order valence-corrected chi connectivity index (χ4v) is 2.05. The largest absolute Gasteiger partial charge is 0.390 e. The van der Waals surface area contributed by atoms with E-state index in [9.17, 15) is 0 Å². The molecule has 0 fully saturated rings. The predicted molar refractivity (Wildman–Crippen MR) is 38.9 cm³/mol. The normalized spacial score (nSPS) is 15.7. The third kappa shape index (κ3) is 0.759. The fraction of sp³-hybridized carbons (Fsp3) is 0.500. The summed E-state index contributed by atoms with van der Waals surface area (Å²) in [6.45, 7) is 1.10. The molecule has 1 aliphatic heterocycles. The Morgan fingerprint density at radius 3 is 3.50 bits per heavy atom. The zero-order valence-electron chi connectivity index (χ0n) is 5.45. The van der Waals surface area contributed by atoms with Crippen molar-refractivity contribution in [1.29, 1.82) is 0 Å². The molecule has 0 aromatic carbocycles. The van der Waals surface area contributed by atoms with Crippen LogP contribution in [-0.2, 0) is 13.2 Å². The molecule has 0 saturated carbocycles. The molecule has 0 radical (unpaired) electrons. The maximum absolute atomic E-state index is 8.82. The van der Waals surface area contributed by atoms with Gasteiger partial charge in [0, 0.05) is 12.3 Å². The van der Waals surface area contributed by atoms with Crippen LogP contribution in [0.15, 0.2) is 11.4 Å². The summed E-state index contributed by atoms with van der Waals surface area (Å²) in [5.74, 6) is 1.09. The van der Waals surface area contributed by atoms with Crippen molar-refractivity contribution in [2.45, 2.75) is 18.3 Å². The molecule has 0 bridgehead atoms.